The number of ether oxygens (including phenoxy) is 1. The fraction of sp³-hybridized carbons (Fsp3) is 0.0500. The summed E-state index contributed by atoms with van der Waals surface area (Å²) < 4.78 is 20.9. The van der Waals surface area contributed by atoms with Gasteiger partial charge in [-0.3, -0.25) is 4.40 Å². The highest BCUT2D eigenvalue weighted by atomic mass is 19.1. The second kappa shape index (κ2) is 7.05. The fourth-order valence-corrected chi connectivity index (χ4v) is 2.44. The lowest BCUT2D eigenvalue weighted by molar-refractivity contribution is 0.436. The van der Waals surface area contributed by atoms with E-state index in [4.69, 9.17) is 4.74 Å². The predicted molar refractivity (Wildman–Crippen MR) is 97.8 cm³/mol. The number of allylic oxidation sites excluding steroid dienone is 1. The van der Waals surface area contributed by atoms with Crippen LogP contribution in [0.4, 0.5) is 4.39 Å². The third-order valence-electron chi connectivity index (χ3n) is 3.53. The van der Waals surface area contributed by atoms with E-state index in [1.165, 1.54) is 12.1 Å². The van der Waals surface area contributed by atoms with Crippen molar-refractivity contribution in [3.05, 3.63) is 91.7 Å². The molecule has 0 saturated carbocycles. The van der Waals surface area contributed by atoms with Crippen molar-refractivity contribution in [2.75, 3.05) is 0 Å². The summed E-state index contributed by atoms with van der Waals surface area (Å²) in [7, 11) is 0. The first-order chi connectivity index (χ1) is 12.1. The van der Waals surface area contributed by atoms with Crippen molar-refractivity contribution in [3.8, 4) is 11.8 Å². The molecule has 1 N–H and O–H groups in total. The average Bonchev–Trinajstić information content (AvgIpc) is 2.94. The van der Waals surface area contributed by atoms with Crippen LogP contribution in [0.15, 0.2) is 80.2 Å². The van der Waals surface area contributed by atoms with Gasteiger partial charge in [-0.2, -0.15) is 4.98 Å². The van der Waals surface area contributed by atoms with Crippen LogP contribution in [0.2, 0.25) is 0 Å². The molecule has 0 bridgehead atoms. The zero-order valence-corrected chi connectivity index (χ0v) is 13.7. The molecule has 1 aromatic carbocycles. The van der Waals surface area contributed by atoms with Gasteiger partial charge in [0.2, 0.25) is 0 Å². The first-order valence-corrected chi connectivity index (χ1v) is 7.74. The second-order valence-corrected chi connectivity index (χ2v) is 5.46. The molecule has 0 radical (unpaired) electrons. The molecule has 3 rings (SSSR count). The number of hydrogen-bond acceptors (Lipinski definition) is 3. The number of hydrogen-bond donors (Lipinski definition) is 1. The predicted octanol–water partition coefficient (Wildman–Crippen LogP) is 4.92. The van der Waals surface area contributed by atoms with Crippen molar-refractivity contribution < 1.29 is 9.13 Å². The van der Waals surface area contributed by atoms with Gasteiger partial charge >= 0.3 is 6.01 Å². The minimum absolute atomic E-state index is 0.327. The Bertz CT molecular complexity index is 958. The van der Waals surface area contributed by atoms with Crippen LogP contribution >= 0.6 is 0 Å². The maximum Gasteiger partial charge on any atom is 0.307 e. The molecule has 2 aromatic heterocycles. The molecule has 2 heterocycles. The molecular weight excluding hydrogens is 317 g/mol. The monoisotopic (exact) mass is 335 g/mol. The number of imidazole rings is 1. The molecule has 126 valence electrons. The molecule has 25 heavy (non-hydrogen) atoms. The SMILES string of the molecule is C=CCC(=C)NC(=C)c1nc(Oc2cccc(F)c2)n2ccccc12. The standard InChI is InChI=1S/C20H18FN3O/c1-4-8-14(2)22-15(3)19-18-11-5-6-12-24(18)20(23-19)25-17-10-7-9-16(21)13-17/h4-7,9-13,22H,1-3,8H2. The van der Waals surface area contributed by atoms with E-state index in [2.05, 4.69) is 30.0 Å². The summed E-state index contributed by atoms with van der Waals surface area (Å²) in [5, 5.41) is 3.12. The van der Waals surface area contributed by atoms with Gasteiger partial charge in [-0.1, -0.05) is 31.4 Å². The fourth-order valence-electron chi connectivity index (χ4n) is 2.44. The van der Waals surface area contributed by atoms with E-state index in [0.29, 0.717) is 29.6 Å². The Morgan fingerprint density at radius 2 is 2.08 bits per heavy atom. The van der Waals surface area contributed by atoms with Crippen LogP contribution < -0.4 is 10.1 Å². The molecule has 0 atom stereocenters. The molecule has 0 fully saturated rings. The summed E-state index contributed by atoms with van der Waals surface area (Å²) in [4.78, 5) is 4.52. The van der Waals surface area contributed by atoms with E-state index in [1.54, 1.807) is 22.6 Å². The molecule has 0 aliphatic carbocycles. The largest absolute Gasteiger partial charge is 0.425 e. The lowest BCUT2D eigenvalue weighted by atomic mass is 10.2. The van der Waals surface area contributed by atoms with Gasteiger partial charge in [-0.05, 0) is 24.3 Å². The lowest BCUT2D eigenvalue weighted by Crippen LogP contribution is -2.10. The van der Waals surface area contributed by atoms with Gasteiger partial charge < -0.3 is 10.1 Å². The van der Waals surface area contributed by atoms with E-state index in [0.717, 1.165) is 11.2 Å². The van der Waals surface area contributed by atoms with E-state index < -0.39 is 0 Å². The number of halogens is 1. The summed E-state index contributed by atoms with van der Waals surface area (Å²) in [5.74, 6) is 0.00215. The van der Waals surface area contributed by atoms with Gasteiger partial charge in [0.15, 0.2) is 0 Å². The number of nitrogens with zero attached hydrogens (tertiary/aromatic N) is 2. The van der Waals surface area contributed by atoms with Crippen molar-refractivity contribution in [3.63, 3.8) is 0 Å². The molecule has 0 unspecified atom stereocenters. The minimum atomic E-state index is -0.370. The lowest BCUT2D eigenvalue weighted by Gasteiger charge is -2.08. The van der Waals surface area contributed by atoms with E-state index >= 15 is 0 Å². The summed E-state index contributed by atoms with van der Waals surface area (Å²) in [6, 6.07) is 11.9. The highest BCUT2D eigenvalue weighted by Gasteiger charge is 2.15. The second-order valence-electron chi connectivity index (χ2n) is 5.46. The van der Waals surface area contributed by atoms with Gasteiger partial charge in [-0.15, -0.1) is 6.58 Å². The quantitative estimate of drug-likeness (QED) is 0.623. The Balaban J connectivity index is 1.96. The third-order valence-corrected chi connectivity index (χ3v) is 3.53. The molecule has 4 nitrogen and oxygen atoms in total. The number of fused-ring (bicyclic) bond motifs is 1. The van der Waals surface area contributed by atoms with Crippen molar-refractivity contribution in [1.82, 2.24) is 14.7 Å². The molecule has 0 saturated heterocycles. The molecular formula is C20H18FN3O. The zero-order chi connectivity index (χ0) is 17.8. The topological polar surface area (TPSA) is 38.6 Å². The van der Waals surface area contributed by atoms with Crippen LogP contribution in [0.3, 0.4) is 0 Å². The Labute approximate surface area is 145 Å². The van der Waals surface area contributed by atoms with Crippen molar-refractivity contribution in [2.45, 2.75) is 6.42 Å². The van der Waals surface area contributed by atoms with E-state index in [9.17, 15) is 4.39 Å². The first kappa shape index (κ1) is 16.5. The number of benzene rings is 1. The highest BCUT2D eigenvalue weighted by molar-refractivity contribution is 5.75. The van der Waals surface area contributed by atoms with Crippen LogP contribution in [0.1, 0.15) is 12.1 Å². The normalized spacial score (nSPS) is 10.4. The number of nitrogens with one attached hydrogen (secondary N) is 1. The van der Waals surface area contributed by atoms with Crippen molar-refractivity contribution in [2.24, 2.45) is 0 Å². The molecule has 3 aromatic rings. The van der Waals surface area contributed by atoms with Gasteiger partial charge in [0.25, 0.3) is 0 Å². The molecule has 0 aliphatic rings. The zero-order valence-electron chi connectivity index (χ0n) is 13.7. The average molecular weight is 335 g/mol. The van der Waals surface area contributed by atoms with E-state index in [-0.39, 0.29) is 5.82 Å². The number of rotatable bonds is 7. The molecule has 0 amide bonds. The van der Waals surface area contributed by atoms with Crippen LogP contribution in [0, 0.1) is 5.82 Å². The first-order valence-electron chi connectivity index (χ1n) is 7.74. The molecule has 0 aliphatic heterocycles. The van der Waals surface area contributed by atoms with Crippen LogP contribution in [0.25, 0.3) is 11.2 Å². The maximum absolute atomic E-state index is 13.4. The van der Waals surface area contributed by atoms with Crippen LogP contribution in [-0.2, 0) is 0 Å². The number of pyridine rings is 1. The Morgan fingerprint density at radius 1 is 1.24 bits per heavy atom. The van der Waals surface area contributed by atoms with Gasteiger partial charge in [-0.25, -0.2) is 4.39 Å². The summed E-state index contributed by atoms with van der Waals surface area (Å²) in [6.45, 7) is 11.6. The van der Waals surface area contributed by atoms with Crippen molar-refractivity contribution in [1.29, 1.82) is 0 Å². The van der Waals surface area contributed by atoms with Crippen LogP contribution in [0.5, 0.6) is 11.8 Å². The molecule has 5 heteroatoms. The van der Waals surface area contributed by atoms with Gasteiger partial charge in [0.1, 0.15) is 17.3 Å². The maximum atomic E-state index is 13.4. The Morgan fingerprint density at radius 3 is 2.84 bits per heavy atom. The summed E-state index contributed by atoms with van der Waals surface area (Å²) in [6.07, 6.45) is 4.20. The van der Waals surface area contributed by atoms with Crippen molar-refractivity contribution >= 4 is 11.2 Å². The van der Waals surface area contributed by atoms with Gasteiger partial charge in [0, 0.05) is 24.4 Å². The Hall–Kier alpha value is -3.34. The van der Waals surface area contributed by atoms with Crippen LogP contribution in [-0.4, -0.2) is 9.38 Å². The van der Waals surface area contributed by atoms with Gasteiger partial charge in [0.05, 0.1) is 11.2 Å². The minimum Gasteiger partial charge on any atom is -0.425 e. The Kier molecular flexibility index (Phi) is 4.66. The molecule has 0 spiro atoms. The summed E-state index contributed by atoms with van der Waals surface area (Å²) >= 11 is 0. The smallest absolute Gasteiger partial charge is 0.307 e. The van der Waals surface area contributed by atoms with E-state index in [1.807, 2.05) is 24.4 Å². The number of aromatic nitrogens is 2. The summed E-state index contributed by atoms with van der Waals surface area (Å²) in [5.41, 5.74) is 2.82. The highest BCUT2D eigenvalue weighted by Crippen LogP contribution is 2.27. The third kappa shape index (κ3) is 3.61.